The van der Waals surface area contributed by atoms with Gasteiger partial charge in [-0.2, -0.15) is 10.2 Å². The van der Waals surface area contributed by atoms with Crippen LogP contribution in [-0.2, 0) is 11.8 Å². The zero-order valence-electron chi connectivity index (χ0n) is 16.9. The summed E-state index contributed by atoms with van der Waals surface area (Å²) in [5.41, 5.74) is 4.90. The van der Waals surface area contributed by atoms with Crippen molar-refractivity contribution in [3.63, 3.8) is 0 Å². The highest BCUT2D eigenvalue weighted by molar-refractivity contribution is 5.95. The van der Waals surface area contributed by atoms with Gasteiger partial charge in [0.15, 0.2) is 0 Å². The number of hydrogen-bond donors (Lipinski definition) is 2. The summed E-state index contributed by atoms with van der Waals surface area (Å²) < 4.78 is 7.66. The van der Waals surface area contributed by atoms with Crippen molar-refractivity contribution in [3.8, 4) is 11.1 Å². The van der Waals surface area contributed by atoms with E-state index in [9.17, 15) is 0 Å². The first kappa shape index (κ1) is 18.1. The Kier molecular flexibility index (Phi) is 4.25. The van der Waals surface area contributed by atoms with Crippen LogP contribution in [0.2, 0.25) is 0 Å². The van der Waals surface area contributed by atoms with Gasteiger partial charge in [0.1, 0.15) is 11.9 Å². The van der Waals surface area contributed by atoms with E-state index in [2.05, 4.69) is 68.6 Å². The predicted octanol–water partition coefficient (Wildman–Crippen LogP) is 2.37. The van der Waals surface area contributed by atoms with Crippen LogP contribution < -0.4 is 5.32 Å². The quantitative estimate of drug-likeness (QED) is 0.716. The molecule has 29 heavy (non-hydrogen) atoms. The van der Waals surface area contributed by atoms with Crippen molar-refractivity contribution in [2.75, 3.05) is 19.7 Å². The van der Waals surface area contributed by atoms with E-state index in [0.717, 1.165) is 53.1 Å². The minimum absolute atomic E-state index is 0.0253. The van der Waals surface area contributed by atoms with Crippen LogP contribution in [-0.4, -0.2) is 62.7 Å². The number of nitrogens with zero attached hydrogens (tertiary/aromatic N) is 5. The average molecular weight is 391 g/mol. The van der Waals surface area contributed by atoms with Gasteiger partial charge in [-0.25, -0.2) is 0 Å². The molecule has 0 saturated carbocycles. The van der Waals surface area contributed by atoms with E-state index in [4.69, 9.17) is 4.74 Å². The second kappa shape index (κ2) is 6.82. The zero-order valence-corrected chi connectivity index (χ0v) is 16.9. The van der Waals surface area contributed by atoms with Crippen LogP contribution in [0, 0.1) is 0 Å². The summed E-state index contributed by atoms with van der Waals surface area (Å²) in [5, 5.41) is 16.4. The molecule has 1 aromatic carbocycles. The Morgan fingerprint density at radius 3 is 2.93 bits per heavy atom. The number of aryl methyl sites for hydroxylation is 1. The first-order chi connectivity index (χ1) is 14.0. The van der Waals surface area contributed by atoms with E-state index in [-0.39, 0.29) is 11.8 Å². The molecular formula is C21H25N7O. The van der Waals surface area contributed by atoms with Gasteiger partial charge in [-0.05, 0) is 37.6 Å². The number of ether oxygens (including phenoxy) is 1. The molecule has 8 heteroatoms. The molecule has 3 aromatic rings. The van der Waals surface area contributed by atoms with Crippen LogP contribution in [0.4, 0.5) is 0 Å². The van der Waals surface area contributed by atoms with Gasteiger partial charge in [-0.1, -0.05) is 6.07 Å². The Hall–Kier alpha value is -2.97. The lowest BCUT2D eigenvalue weighted by molar-refractivity contribution is -0.0918. The van der Waals surface area contributed by atoms with Gasteiger partial charge in [0, 0.05) is 37.3 Å². The lowest BCUT2D eigenvalue weighted by Gasteiger charge is -2.40. The molecular weight excluding hydrogens is 366 g/mol. The molecule has 2 aliphatic heterocycles. The molecule has 5 rings (SSSR count). The summed E-state index contributed by atoms with van der Waals surface area (Å²) in [6, 6.07) is 6.31. The molecule has 150 valence electrons. The number of nitrogens with one attached hydrogen (secondary N) is 2. The van der Waals surface area contributed by atoms with Crippen molar-refractivity contribution in [2.24, 2.45) is 12.0 Å². The van der Waals surface area contributed by atoms with Crippen molar-refractivity contribution in [2.45, 2.75) is 25.6 Å². The van der Waals surface area contributed by atoms with Crippen molar-refractivity contribution in [1.29, 1.82) is 0 Å². The molecule has 0 bridgehead atoms. The molecule has 1 unspecified atom stereocenters. The van der Waals surface area contributed by atoms with Crippen LogP contribution >= 0.6 is 0 Å². The molecule has 1 fully saturated rings. The van der Waals surface area contributed by atoms with Crippen molar-refractivity contribution >= 4 is 22.9 Å². The topological polar surface area (TPSA) is 83.4 Å². The maximum Gasteiger partial charge on any atom is 0.125 e. The summed E-state index contributed by atoms with van der Waals surface area (Å²) in [7, 11) is 1.93. The van der Waals surface area contributed by atoms with Crippen LogP contribution in [0.1, 0.15) is 19.5 Å². The zero-order chi connectivity index (χ0) is 20.0. The van der Waals surface area contributed by atoms with Crippen LogP contribution in [0.15, 0.2) is 41.7 Å². The molecule has 1 atom stereocenters. The summed E-state index contributed by atoms with van der Waals surface area (Å²) >= 11 is 0. The first-order valence-electron chi connectivity index (χ1n) is 9.84. The number of benzene rings is 1. The summed E-state index contributed by atoms with van der Waals surface area (Å²) in [5.74, 6) is 0. The molecule has 0 spiro atoms. The monoisotopic (exact) mass is 391 g/mol. The van der Waals surface area contributed by atoms with E-state index in [1.54, 1.807) is 6.34 Å². The van der Waals surface area contributed by atoms with Crippen molar-refractivity contribution in [1.82, 2.24) is 30.2 Å². The molecule has 8 nitrogen and oxygen atoms in total. The second-order valence-corrected chi connectivity index (χ2v) is 8.23. The molecule has 4 heterocycles. The number of hydrogen-bond acceptors (Lipinski definition) is 6. The third-order valence-electron chi connectivity index (χ3n) is 5.45. The summed E-state index contributed by atoms with van der Waals surface area (Å²) in [6.07, 6.45) is 7.79. The summed E-state index contributed by atoms with van der Waals surface area (Å²) in [4.78, 5) is 6.98. The maximum atomic E-state index is 5.85. The molecule has 0 aliphatic carbocycles. The van der Waals surface area contributed by atoms with E-state index in [0.29, 0.717) is 0 Å². The smallest absolute Gasteiger partial charge is 0.125 e. The number of fused-ring (bicyclic) bond motifs is 1. The van der Waals surface area contributed by atoms with Gasteiger partial charge < -0.3 is 10.1 Å². The fraction of sp³-hybridized carbons (Fsp3) is 0.381. The number of H-pyrrole nitrogens is 1. The molecule has 2 aromatic heterocycles. The highest BCUT2D eigenvalue weighted by Gasteiger charge is 2.31. The van der Waals surface area contributed by atoms with Gasteiger partial charge in [-0.3, -0.25) is 19.7 Å². The molecule has 1 saturated heterocycles. The van der Waals surface area contributed by atoms with E-state index in [1.807, 2.05) is 24.1 Å². The Labute approximate surface area is 169 Å². The van der Waals surface area contributed by atoms with Crippen molar-refractivity contribution in [3.05, 3.63) is 42.4 Å². The average Bonchev–Trinajstić information content (AvgIpc) is 3.33. The first-order valence-corrected chi connectivity index (χ1v) is 9.84. The van der Waals surface area contributed by atoms with E-state index >= 15 is 0 Å². The number of morpholine rings is 1. The fourth-order valence-electron chi connectivity index (χ4n) is 4.02. The Balaban J connectivity index is 1.49. The van der Waals surface area contributed by atoms with Crippen molar-refractivity contribution < 1.29 is 4.74 Å². The van der Waals surface area contributed by atoms with Gasteiger partial charge in [0.2, 0.25) is 0 Å². The number of aromatic amines is 1. The van der Waals surface area contributed by atoms with Gasteiger partial charge in [0.25, 0.3) is 0 Å². The Morgan fingerprint density at radius 2 is 2.14 bits per heavy atom. The van der Waals surface area contributed by atoms with Gasteiger partial charge >= 0.3 is 0 Å². The molecule has 0 amide bonds. The highest BCUT2D eigenvalue weighted by atomic mass is 16.5. The number of aromatic nitrogens is 4. The molecule has 2 aliphatic rings. The van der Waals surface area contributed by atoms with E-state index < -0.39 is 0 Å². The maximum absolute atomic E-state index is 5.85. The lowest BCUT2D eigenvalue weighted by Crippen LogP contribution is -2.52. The Morgan fingerprint density at radius 1 is 1.24 bits per heavy atom. The van der Waals surface area contributed by atoms with Crippen LogP contribution in [0.3, 0.4) is 0 Å². The summed E-state index contributed by atoms with van der Waals surface area (Å²) in [6.45, 7) is 6.66. The van der Waals surface area contributed by atoms with Crippen LogP contribution in [0.5, 0.6) is 0 Å². The largest absolute Gasteiger partial charge is 0.373 e. The third kappa shape index (κ3) is 3.45. The minimum Gasteiger partial charge on any atom is -0.373 e. The SMILES string of the molecule is Cn1cc(-c2ccc3[nH]nc(C4=CC(N5CCOC(C)(C)C5)N=CN4)c3c2)cn1. The second-order valence-electron chi connectivity index (χ2n) is 8.23. The van der Waals surface area contributed by atoms with E-state index in [1.165, 1.54) is 0 Å². The molecule has 2 N–H and O–H groups in total. The predicted molar refractivity (Wildman–Crippen MR) is 113 cm³/mol. The molecule has 0 radical (unpaired) electrons. The Bertz CT molecular complexity index is 1110. The fourth-order valence-corrected chi connectivity index (χ4v) is 4.02. The lowest BCUT2D eigenvalue weighted by atomic mass is 10.0. The normalized spacial score (nSPS) is 21.9. The van der Waals surface area contributed by atoms with Gasteiger partial charge in [-0.15, -0.1) is 0 Å². The number of rotatable bonds is 3. The number of aliphatic imine (C=N–C) groups is 1. The highest BCUT2D eigenvalue weighted by Crippen LogP contribution is 2.29. The van der Waals surface area contributed by atoms with Gasteiger partial charge in [0.05, 0.1) is 36.0 Å². The van der Waals surface area contributed by atoms with Crippen LogP contribution in [0.25, 0.3) is 27.7 Å². The standard InChI is InChI=1S/C21H25N7O/c1-21(2)12-28(6-7-29-21)19-9-18(22-13-23-19)20-16-8-14(4-5-17(16)25-26-20)15-10-24-27(3)11-15/h4-5,8-11,13,19H,6-7,12H2,1-3H3,(H,22,23)(H,25,26). The third-order valence-corrected chi connectivity index (χ3v) is 5.45. The minimum atomic E-state index is -0.162.